The molecule has 1 rings (SSSR count). The minimum absolute atomic E-state index is 0.281. The number of cyclic esters (lactones) is 1. The summed E-state index contributed by atoms with van der Waals surface area (Å²) in [6.07, 6.45) is 0.965. The van der Waals surface area contributed by atoms with Crippen molar-refractivity contribution in [3.8, 4) is 0 Å². The van der Waals surface area contributed by atoms with E-state index in [1.807, 2.05) is 13.8 Å². The minimum Gasteiger partial charge on any atom is -0.478 e. The maximum Gasteiger partial charge on any atom is 0.348 e. The number of carbonyl (C=O) groups is 2. The molecule has 1 saturated heterocycles. The first-order valence-electron chi connectivity index (χ1n) is 6.06. The third-order valence-electron chi connectivity index (χ3n) is 3.45. The standard InChI is InChI=1S/C13H22O4/c1-8(2)6-9-7-13(11(15)16,12(3,4)5)17-10(9)14/h8-9H,6-7H2,1-5H3,(H,15,16). The highest BCUT2D eigenvalue weighted by Crippen LogP contribution is 2.45. The maximum atomic E-state index is 11.8. The topological polar surface area (TPSA) is 63.6 Å². The van der Waals surface area contributed by atoms with Crippen LogP contribution in [0.4, 0.5) is 0 Å². The van der Waals surface area contributed by atoms with Crippen molar-refractivity contribution in [3.05, 3.63) is 0 Å². The lowest BCUT2D eigenvalue weighted by atomic mass is 9.72. The lowest BCUT2D eigenvalue weighted by molar-refractivity contribution is -0.182. The first-order chi connectivity index (χ1) is 7.60. The van der Waals surface area contributed by atoms with Gasteiger partial charge in [-0.25, -0.2) is 4.79 Å². The molecule has 98 valence electrons. The minimum atomic E-state index is -1.37. The number of carboxylic acids is 1. The van der Waals surface area contributed by atoms with Gasteiger partial charge in [0.2, 0.25) is 5.60 Å². The van der Waals surface area contributed by atoms with Gasteiger partial charge in [-0.2, -0.15) is 0 Å². The van der Waals surface area contributed by atoms with Crippen LogP contribution in [0.25, 0.3) is 0 Å². The molecule has 1 N–H and O–H groups in total. The Bertz CT molecular complexity index is 327. The Balaban J connectivity index is 2.99. The zero-order chi connectivity index (χ0) is 13.4. The number of rotatable bonds is 3. The highest BCUT2D eigenvalue weighted by Gasteiger charge is 2.59. The van der Waals surface area contributed by atoms with E-state index < -0.39 is 17.0 Å². The summed E-state index contributed by atoms with van der Waals surface area (Å²) in [5.74, 6) is -1.33. The zero-order valence-electron chi connectivity index (χ0n) is 11.2. The molecule has 1 heterocycles. The summed E-state index contributed by atoms with van der Waals surface area (Å²) in [5, 5.41) is 9.39. The molecule has 0 bridgehead atoms. The fraction of sp³-hybridized carbons (Fsp3) is 0.846. The van der Waals surface area contributed by atoms with Crippen LogP contribution in [-0.4, -0.2) is 22.6 Å². The summed E-state index contributed by atoms with van der Waals surface area (Å²) < 4.78 is 5.25. The van der Waals surface area contributed by atoms with Gasteiger partial charge in [0.15, 0.2) is 0 Å². The summed E-state index contributed by atoms with van der Waals surface area (Å²) in [4.78, 5) is 23.3. The largest absolute Gasteiger partial charge is 0.478 e. The summed E-state index contributed by atoms with van der Waals surface area (Å²) in [5.41, 5.74) is -1.97. The van der Waals surface area contributed by atoms with E-state index >= 15 is 0 Å². The number of aliphatic carboxylic acids is 1. The van der Waals surface area contributed by atoms with Gasteiger partial charge in [-0.05, 0) is 12.3 Å². The van der Waals surface area contributed by atoms with Crippen molar-refractivity contribution in [2.75, 3.05) is 0 Å². The van der Waals surface area contributed by atoms with Gasteiger partial charge in [-0.15, -0.1) is 0 Å². The molecule has 0 radical (unpaired) electrons. The molecule has 0 amide bonds. The summed E-state index contributed by atoms with van der Waals surface area (Å²) in [7, 11) is 0. The van der Waals surface area contributed by atoms with Gasteiger partial charge in [0.05, 0.1) is 5.92 Å². The van der Waals surface area contributed by atoms with E-state index in [0.29, 0.717) is 12.3 Å². The lowest BCUT2D eigenvalue weighted by Crippen LogP contribution is -2.49. The van der Waals surface area contributed by atoms with Crippen LogP contribution in [0.2, 0.25) is 0 Å². The van der Waals surface area contributed by atoms with Crippen molar-refractivity contribution in [3.63, 3.8) is 0 Å². The summed E-state index contributed by atoms with van der Waals surface area (Å²) >= 11 is 0. The number of hydrogen-bond acceptors (Lipinski definition) is 3. The van der Waals surface area contributed by atoms with E-state index in [1.54, 1.807) is 20.8 Å². The summed E-state index contributed by atoms with van der Waals surface area (Å²) in [6.45, 7) is 9.43. The van der Waals surface area contributed by atoms with Crippen LogP contribution in [0.3, 0.4) is 0 Å². The average molecular weight is 242 g/mol. The van der Waals surface area contributed by atoms with Crippen molar-refractivity contribution in [2.24, 2.45) is 17.3 Å². The molecule has 1 aliphatic rings. The second-order valence-corrected chi connectivity index (χ2v) is 6.33. The molecule has 0 aromatic heterocycles. The van der Waals surface area contributed by atoms with E-state index in [0.717, 1.165) is 0 Å². The van der Waals surface area contributed by atoms with E-state index in [2.05, 4.69) is 0 Å². The molecule has 1 aliphatic heterocycles. The highest BCUT2D eigenvalue weighted by atomic mass is 16.6. The van der Waals surface area contributed by atoms with Gasteiger partial charge in [0.25, 0.3) is 0 Å². The fourth-order valence-electron chi connectivity index (χ4n) is 2.39. The van der Waals surface area contributed by atoms with E-state index in [1.165, 1.54) is 0 Å². The van der Waals surface area contributed by atoms with Crippen molar-refractivity contribution >= 4 is 11.9 Å². The van der Waals surface area contributed by atoms with Gasteiger partial charge in [-0.3, -0.25) is 4.79 Å². The average Bonchev–Trinajstić information content (AvgIpc) is 2.42. The Hall–Kier alpha value is -1.06. The van der Waals surface area contributed by atoms with Crippen LogP contribution in [0.1, 0.15) is 47.5 Å². The Labute approximate surface area is 102 Å². The van der Waals surface area contributed by atoms with Crippen molar-refractivity contribution in [1.82, 2.24) is 0 Å². The van der Waals surface area contributed by atoms with Crippen LogP contribution >= 0.6 is 0 Å². The number of carbonyl (C=O) groups excluding carboxylic acids is 1. The molecule has 1 fully saturated rings. The number of esters is 1. The summed E-state index contributed by atoms with van der Waals surface area (Å²) in [6, 6.07) is 0. The predicted octanol–water partition coefficient (Wildman–Crippen LogP) is 2.47. The van der Waals surface area contributed by atoms with Crippen LogP contribution in [0.5, 0.6) is 0 Å². The van der Waals surface area contributed by atoms with Crippen molar-refractivity contribution in [1.29, 1.82) is 0 Å². The molecule has 0 spiro atoms. The maximum absolute atomic E-state index is 11.8. The number of ether oxygens (including phenoxy) is 1. The van der Waals surface area contributed by atoms with Crippen LogP contribution in [0, 0.1) is 17.3 Å². The Morgan fingerprint density at radius 2 is 2.06 bits per heavy atom. The van der Waals surface area contributed by atoms with E-state index in [-0.39, 0.29) is 18.3 Å². The van der Waals surface area contributed by atoms with E-state index in [4.69, 9.17) is 4.74 Å². The molecular formula is C13H22O4. The third kappa shape index (κ3) is 2.45. The predicted molar refractivity (Wildman–Crippen MR) is 63.5 cm³/mol. The Kier molecular flexibility index (Phi) is 3.55. The number of hydrogen-bond donors (Lipinski definition) is 1. The van der Waals surface area contributed by atoms with Crippen molar-refractivity contribution < 1.29 is 19.4 Å². The fourth-order valence-corrected chi connectivity index (χ4v) is 2.39. The molecular weight excluding hydrogens is 220 g/mol. The molecule has 4 nitrogen and oxygen atoms in total. The zero-order valence-corrected chi connectivity index (χ0v) is 11.2. The molecule has 4 heteroatoms. The van der Waals surface area contributed by atoms with Crippen LogP contribution in [0.15, 0.2) is 0 Å². The van der Waals surface area contributed by atoms with Gasteiger partial charge >= 0.3 is 11.9 Å². The second kappa shape index (κ2) is 4.31. The van der Waals surface area contributed by atoms with Crippen LogP contribution < -0.4 is 0 Å². The SMILES string of the molecule is CC(C)CC1CC(C(=O)O)(C(C)(C)C)OC1=O. The first kappa shape index (κ1) is 14.0. The Morgan fingerprint density at radius 1 is 1.53 bits per heavy atom. The highest BCUT2D eigenvalue weighted by molar-refractivity contribution is 5.87. The Morgan fingerprint density at radius 3 is 2.35 bits per heavy atom. The molecule has 2 atom stereocenters. The molecule has 0 saturated carbocycles. The molecule has 2 unspecified atom stereocenters. The van der Waals surface area contributed by atoms with Gasteiger partial charge < -0.3 is 9.84 Å². The van der Waals surface area contributed by atoms with Crippen molar-refractivity contribution in [2.45, 2.75) is 53.1 Å². The molecule has 17 heavy (non-hydrogen) atoms. The molecule has 0 aromatic carbocycles. The monoisotopic (exact) mass is 242 g/mol. The van der Waals surface area contributed by atoms with Gasteiger partial charge in [-0.1, -0.05) is 34.6 Å². The van der Waals surface area contributed by atoms with Crippen LogP contribution in [-0.2, 0) is 14.3 Å². The quantitative estimate of drug-likeness (QED) is 0.772. The lowest BCUT2D eigenvalue weighted by Gasteiger charge is -2.36. The van der Waals surface area contributed by atoms with Gasteiger partial charge in [0, 0.05) is 11.8 Å². The smallest absolute Gasteiger partial charge is 0.348 e. The number of carboxylic acid groups (broad SMARTS) is 1. The second-order valence-electron chi connectivity index (χ2n) is 6.33. The third-order valence-corrected chi connectivity index (χ3v) is 3.45. The molecule has 0 aliphatic carbocycles. The molecule has 0 aromatic rings. The van der Waals surface area contributed by atoms with E-state index in [9.17, 15) is 14.7 Å². The van der Waals surface area contributed by atoms with Gasteiger partial charge in [0.1, 0.15) is 0 Å². The first-order valence-corrected chi connectivity index (χ1v) is 6.06. The normalized spacial score (nSPS) is 29.5.